The first kappa shape index (κ1) is 12.5. The quantitative estimate of drug-likeness (QED) is 0.727. The van der Waals surface area contributed by atoms with Gasteiger partial charge in [0.05, 0.1) is 0 Å². The fourth-order valence-corrected chi connectivity index (χ4v) is 2.11. The van der Waals surface area contributed by atoms with Gasteiger partial charge < -0.3 is 10.6 Å². The van der Waals surface area contributed by atoms with E-state index in [-0.39, 0.29) is 5.92 Å². The zero-order valence-corrected chi connectivity index (χ0v) is 10.0. The Bertz CT molecular complexity index is 200. The van der Waals surface area contributed by atoms with E-state index in [9.17, 15) is 4.79 Å². The molecule has 0 bridgehead atoms. The Hall–Kier alpha value is -0.570. The number of carbonyl (C=O) groups excluding carboxylic acids is 1. The summed E-state index contributed by atoms with van der Waals surface area (Å²) in [5.41, 5.74) is 5.55. The van der Waals surface area contributed by atoms with Crippen LogP contribution in [0.25, 0.3) is 0 Å². The van der Waals surface area contributed by atoms with Crippen LogP contribution in [0.3, 0.4) is 0 Å². The third kappa shape index (κ3) is 3.20. The predicted molar refractivity (Wildman–Crippen MR) is 62.4 cm³/mol. The highest BCUT2D eigenvalue weighted by atomic mass is 16.2. The highest BCUT2D eigenvalue weighted by Crippen LogP contribution is 2.21. The number of hydrogen-bond acceptors (Lipinski definition) is 2. The summed E-state index contributed by atoms with van der Waals surface area (Å²) in [5, 5.41) is 0. The van der Waals surface area contributed by atoms with Crippen LogP contribution in [0.1, 0.15) is 39.5 Å². The van der Waals surface area contributed by atoms with Crippen molar-refractivity contribution >= 4 is 5.91 Å². The van der Waals surface area contributed by atoms with Gasteiger partial charge >= 0.3 is 0 Å². The van der Waals surface area contributed by atoms with Crippen molar-refractivity contribution in [3.63, 3.8) is 0 Å². The van der Waals surface area contributed by atoms with Crippen LogP contribution in [0.2, 0.25) is 0 Å². The molecule has 1 aliphatic rings. The number of nitrogens with two attached hydrogens (primary N) is 1. The Morgan fingerprint density at radius 3 is 2.60 bits per heavy atom. The molecule has 0 aromatic carbocycles. The Labute approximate surface area is 93.0 Å². The third-order valence-corrected chi connectivity index (χ3v) is 3.35. The van der Waals surface area contributed by atoms with Gasteiger partial charge in [-0.2, -0.15) is 0 Å². The van der Waals surface area contributed by atoms with Gasteiger partial charge in [0.1, 0.15) is 0 Å². The molecule has 2 N–H and O–H groups in total. The van der Waals surface area contributed by atoms with Crippen LogP contribution in [0, 0.1) is 11.8 Å². The number of nitrogens with zero attached hydrogens (tertiary/aromatic N) is 1. The Morgan fingerprint density at radius 1 is 1.47 bits per heavy atom. The number of likely N-dealkylation sites (tertiary alicyclic amines) is 1. The van der Waals surface area contributed by atoms with Crippen LogP contribution in [-0.2, 0) is 4.79 Å². The van der Waals surface area contributed by atoms with E-state index in [1.165, 1.54) is 12.8 Å². The third-order valence-electron chi connectivity index (χ3n) is 3.35. The normalized spacial score (nSPS) is 18.7. The van der Waals surface area contributed by atoms with Crippen molar-refractivity contribution in [2.24, 2.45) is 17.6 Å². The lowest BCUT2D eigenvalue weighted by atomic mass is 9.93. The number of carbonyl (C=O) groups is 1. The Morgan fingerprint density at radius 2 is 2.13 bits per heavy atom. The van der Waals surface area contributed by atoms with Crippen molar-refractivity contribution in [3.05, 3.63) is 0 Å². The van der Waals surface area contributed by atoms with Gasteiger partial charge in [-0.25, -0.2) is 0 Å². The molecule has 0 saturated carbocycles. The lowest BCUT2D eigenvalue weighted by molar-refractivity contribution is -0.142. The zero-order chi connectivity index (χ0) is 11.3. The van der Waals surface area contributed by atoms with Gasteiger partial charge in [-0.1, -0.05) is 26.7 Å². The van der Waals surface area contributed by atoms with Crippen molar-refractivity contribution in [3.8, 4) is 0 Å². The molecule has 3 heteroatoms. The van der Waals surface area contributed by atoms with Crippen LogP contribution in [0.4, 0.5) is 0 Å². The van der Waals surface area contributed by atoms with E-state index >= 15 is 0 Å². The largest absolute Gasteiger partial charge is 0.342 e. The van der Waals surface area contributed by atoms with Crippen LogP contribution < -0.4 is 5.73 Å². The second-order valence-electron chi connectivity index (χ2n) is 4.59. The first-order valence-corrected chi connectivity index (χ1v) is 6.21. The summed E-state index contributed by atoms with van der Waals surface area (Å²) >= 11 is 0. The van der Waals surface area contributed by atoms with E-state index in [1.807, 2.05) is 4.90 Å². The molecule has 3 nitrogen and oxygen atoms in total. The molecule has 15 heavy (non-hydrogen) atoms. The minimum Gasteiger partial charge on any atom is -0.342 e. The maximum Gasteiger partial charge on any atom is 0.225 e. The number of rotatable bonds is 6. The maximum atomic E-state index is 12.0. The van der Waals surface area contributed by atoms with Crippen molar-refractivity contribution in [2.75, 3.05) is 19.6 Å². The average Bonchev–Trinajstić information content (AvgIpc) is 2.17. The van der Waals surface area contributed by atoms with Gasteiger partial charge in [0.2, 0.25) is 5.91 Å². The lowest BCUT2D eigenvalue weighted by Crippen LogP contribution is -2.54. The minimum absolute atomic E-state index is 0.253. The summed E-state index contributed by atoms with van der Waals surface area (Å²) in [6.45, 7) is 6.77. The average molecular weight is 212 g/mol. The fraction of sp³-hybridized carbons (Fsp3) is 0.917. The number of unbranched alkanes of at least 4 members (excludes halogenated alkanes) is 1. The molecule has 88 valence electrons. The summed E-state index contributed by atoms with van der Waals surface area (Å²) in [7, 11) is 0. The summed E-state index contributed by atoms with van der Waals surface area (Å²) < 4.78 is 0. The summed E-state index contributed by atoms with van der Waals surface area (Å²) in [6.07, 6.45) is 4.37. The van der Waals surface area contributed by atoms with Crippen LogP contribution in [0.15, 0.2) is 0 Å². The summed E-state index contributed by atoms with van der Waals surface area (Å²) in [4.78, 5) is 14.0. The van der Waals surface area contributed by atoms with Crippen molar-refractivity contribution in [1.82, 2.24) is 4.90 Å². The maximum absolute atomic E-state index is 12.0. The van der Waals surface area contributed by atoms with Gasteiger partial charge in [-0.15, -0.1) is 0 Å². The SMILES string of the molecule is CCCCC(CC)C(=O)N1CC(CN)C1. The summed E-state index contributed by atoms with van der Waals surface area (Å²) in [6, 6.07) is 0. The van der Waals surface area contributed by atoms with Gasteiger partial charge in [0, 0.05) is 24.9 Å². The first-order chi connectivity index (χ1) is 7.22. The van der Waals surface area contributed by atoms with Crippen LogP contribution >= 0.6 is 0 Å². The fourth-order valence-electron chi connectivity index (χ4n) is 2.11. The van der Waals surface area contributed by atoms with E-state index in [4.69, 9.17) is 5.73 Å². The van der Waals surface area contributed by atoms with E-state index in [0.717, 1.165) is 32.5 Å². The molecular formula is C12H24N2O. The highest BCUT2D eigenvalue weighted by molar-refractivity contribution is 5.79. The molecule has 1 amide bonds. The second-order valence-corrected chi connectivity index (χ2v) is 4.59. The molecule has 1 atom stereocenters. The smallest absolute Gasteiger partial charge is 0.225 e. The minimum atomic E-state index is 0.253. The van der Waals surface area contributed by atoms with E-state index < -0.39 is 0 Å². The molecule has 0 aromatic heterocycles. The number of hydrogen-bond donors (Lipinski definition) is 1. The Balaban J connectivity index is 2.31. The Kier molecular flexibility index (Phi) is 5.09. The molecule has 1 aliphatic heterocycles. The zero-order valence-electron chi connectivity index (χ0n) is 10.0. The van der Waals surface area contributed by atoms with Crippen molar-refractivity contribution in [2.45, 2.75) is 39.5 Å². The molecule has 0 spiro atoms. The molecular weight excluding hydrogens is 188 g/mol. The molecule has 0 radical (unpaired) electrons. The van der Waals surface area contributed by atoms with Crippen molar-refractivity contribution < 1.29 is 4.79 Å². The monoisotopic (exact) mass is 212 g/mol. The first-order valence-electron chi connectivity index (χ1n) is 6.21. The molecule has 0 aromatic rings. The van der Waals surface area contributed by atoms with E-state index in [1.54, 1.807) is 0 Å². The highest BCUT2D eigenvalue weighted by Gasteiger charge is 2.32. The number of amides is 1. The molecule has 0 aliphatic carbocycles. The summed E-state index contributed by atoms with van der Waals surface area (Å²) in [5.74, 6) is 1.16. The lowest BCUT2D eigenvalue weighted by Gasteiger charge is -2.40. The van der Waals surface area contributed by atoms with E-state index in [2.05, 4.69) is 13.8 Å². The molecule has 1 saturated heterocycles. The molecule has 1 rings (SSSR count). The molecule has 1 fully saturated rings. The van der Waals surface area contributed by atoms with Gasteiger partial charge in [-0.3, -0.25) is 4.79 Å². The van der Waals surface area contributed by atoms with Gasteiger partial charge in [-0.05, 0) is 19.4 Å². The van der Waals surface area contributed by atoms with Gasteiger partial charge in [0.25, 0.3) is 0 Å². The van der Waals surface area contributed by atoms with Gasteiger partial charge in [0.15, 0.2) is 0 Å². The topological polar surface area (TPSA) is 46.3 Å². The van der Waals surface area contributed by atoms with E-state index in [0.29, 0.717) is 11.8 Å². The van der Waals surface area contributed by atoms with Crippen LogP contribution in [-0.4, -0.2) is 30.4 Å². The second kappa shape index (κ2) is 6.11. The van der Waals surface area contributed by atoms with Crippen LogP contribution in [0.5, 0.6) is 0 Å². The molecule has 1 unspecified atom stereocenters. The predicted octanol–water partition coefficient (Wildman–Crippen LogP) is 1.62. The van der Waals surface area contributed by atoms with Crippen molar-refractivity contribution in [1.29, 1.82) is 0 Å². The standard InChI is InChI=1S/C12H24N2O/c1-3-5-6-11(4-2)12(15)14-8-10(7-13)9-14/h10-11H,3-9,13H2,1-2H3. The molecule has 1 heterocycles.